The summed E-state index contributed by atoms with van der Waals surface area (Å²) in [4.78, 5) is 31.9. The van der Waals surface area contributed by atoms with Gasteiger partial charge in [0.25, 0.3) is 0 Å². The van der Waals surface area contributed by atoms with Crippen LogP contribution in [0.25, 0.3) is 0 Å². The van der Waals surface area contributed by atoms with Gasteiger partial charge in [-0.25, -0.2) is 14.6 Å². The molecule has 0 aliphatic carbocycles. The van der Waals surface area contributed by atoms with Crippen LogP contribution in [0.2, 0.25) is 0 Å². The van der Waals surface area contributed by atoms with E-state index in [9.17, 15) is 14.7 Å². The van der Waals surface area contributed by atoms with Crippen LogP contribution in [0.3, 0.4) is 0 Å². The number of carbonyl (C=O) groups excluding carboxylic acids is 1. The van der Waals surface area contributed by atoms with Crippen LogP contribution in [0, 0.1) is 11.8 Å². The van der Waals surface area contributed by atoms with Crippen molar-refractivity contribution in [2.24, 2.45) is 11.8 Å². The standard InChI is InChI=1S/C14H22N4O3/c1-9(2)10-3-4-18(7-10)14(21)17-12(13(19)20)5-11-6-15-8-16-11/h6,8-10,12H,3-5,7H2,1-2H3,(H,15,16)(H,17,21)(H,19,20)/t10?,12-/m1/s1. The van der Waals surface area contributed by atoms with E-state index in [0.717, 1.165) is 6.42 Å². The molecule has 1 aliphatic heterocycles. The molecule has 2 atom stereocenters. The summed E-state index contributed by atoms with van der Waals surface area (Å²) in [6, 6.07) is -1.25. The molecule has 7 nitrogen and oxygen atoms in total. The van der Waals surface area contributed by atoms with Gasteiger partial charge in [-0.05, 0) is 18.3 Å². The molecule has 21 heavy (non-hydrogen) atoms. The third kappa shape index (κ3) is 3.96. The highest BCUT2D eigenvalue weighted by molar-refractivity contribution is 5.82. The van der Waals surface area contributed by atoms with E-state index in [-0.39, 0.29) is 12.5 Å². The number of carboxylic acids is 1. The zero-order valence-electron chi connectivity index (χ0n) is 12.4. The Balaban J connectivity index is 1.91. The fourth-order valence-corrected chi connectivity index (χ4v) is 2.57. The molecule has 2 heterocycles. The molecule has 0 bridgehead atoms. The van der Waals surface area contributed by atoms with Crippen LogP contribution >= 0.6 is 0 Å². The topological polar surface area (TPSA) is 98.3 Å². The normalized spacial score (nSPS) is 19.8. The zero-order valence-corrected chi connectivity index (χ0v) is 12.4. The first-order valence-electron chi connectivity index (χ1n) is 7.23. The number of nitrogens with zero attached hydrogens (tertiary/aromatic N) is 2. The van der Waals surface area contributed by atoms with Gasteiger partial charge in [0.05, 0.1) is 6.33 Å². The Morgan fingerprint density at radius 3 is 2.86 bits per heavy atom. The van der Waals surface area contributed by atoms with E-state index in [1.54, 1.807) is 11.1 Å². The molecule has 1 aliphatic rings. The Labute approximate surface area is 123 Å². The van der Waals surface area contributed by atoms with Crippen LogP contribution in [-0.2, 0) is 11.2 Å². The van der Waals surface area contributed by atoms with Gasteiger partial charge in [-0.15, -0.1) is 0 Å². The molecule has 1 aromatic heterocycles. The van der Waals surface area contributed by atoms with Crippen LogP contribution in [0.4, 0.5) is 4.79 Å². The van der Waals surface area contributed by atoms with Crippen molar-refractivity contribution in [1.82, 2.24) is 20.2 Å². The number of nitrogens with one attached hydrogen (secondary N) is 2. The third-order valence-electron chi connectivity index (χ3n) is 4.03. The number of aliphatic carboxylic acids is 1. The van der Waals surface area contributed by atoms with Crippen LogP contribution in [0.5, 0.6) is 0 Å². The van der Waals surface area contributed by atoms with Crippen molar-refractivity contribution in [3.63, 3.8) is 0 Å². The number of urea groups is 1. The summed E-state index contributed by atoms with van der Waals surface area (Å²) in [7, 11) is 0. The summed E-state index contributed by atoms with van der Waals surface area (Å²) in [5.41, 5.74) is 0.684. The number of hydrogen-bond donors (Lipinski definition) is 3. The molecular weight excluding hydrogens is 272 g/mol. The first-order chi connectivity index (χ1) is 9.97. The van der Waals surface area contributed by atoms with Crippen molar-refractivity contribution in [3.05, 3.63) is 18.2 Å². The second-order valence-corrected chi connectivity index (χ2v) is 5.86. The second-order valence-electron chi connectivity index (χ2n) is 5.86. The number of likely N-dealkylation sites (tertiary alicyclic amines) is 1. The van der Waals surface area contributed by atoms with E-state index in [2.05, 4.69) is 29.1 Å². The fourth-order valence-electron chi connectivity index (χ4n) is 2.57. The van der Waals surface area contributed by atoms with Crippen molar-refractivity contribution < 1.29 is 14.7 Å². The van der Waals surface area contributed by atoms with Gasteiger partial charge < -0.3 is 20.3 Å². The lowest BCUT2D eigenvalue weighted by Crippen LogP contribution is -2.48. The molecule has 2 rings (SSSR count). The molecule has 0 radical (unpaired) electrons. The van der Waals surface area contributed by atoms with Crippen molar-refractivity contribution in [2.75, 3.05) is 13.1 Å². The Bertz CT molecular complexity index is 486. The number of carboxylic acid groups (broad SMARTS) is 1. The number of carbonyl (C=O) groups is 2. The molecule has 1 fully saturated rings. The van der Waals surface area contributed by atoms with Crippen molar-refractivity contribution in [1.29, 1.82) is 0 Å². The molecular formula is C14H22N4O3. The Morgan fingerprint density at radius 2 is 2.33 bits per heavy atom. The van der Waals surface area contributed by atoms with Crippen molar-refractivity contribution in [2.45, 2.75) is 32.7 Å². The minimum atomic E-state index is -1.04. The maximum absolute atomic E-state index is 12.2. The predicted molar refractivity (Wildman–Crippen MR) is 76.8 cm³/mol. The average Bonchev–Trinajstić information content (AvgIpc) is 3.08. The van der Waals surface area contributed by atoms with Gasteiger partial charge in [0, 0.05) is 31.4 Å². The first-order valence-corrected chi connectivity index (χ1v) is 7.23. The van der Waals surface area contributed by atoms with Crippen molar-refractivity contribution >= 4 is 12.0 Å². The summed E-state index contributed by atoms with van der Waals surface area (Å²) < 4.78 is 0. The van der Waals surface area contributed by atoms with E-state index < -0.39 is 12.0 Å². The summed E-state index contributed by atoms with van der Waals surface area (Å²) in [6.45, 7) is 5.67. The molecule has 1 unspecified atom stereocenters. The number of imidazole rings is 1. The Kier molecular flexibility index (Phi) is 4.82. The Morgan fingerprint density at radius 1 is 1.57 bits per heavy atom. The number of aromatic nitrogens is 2. The smallest absolute Gasteiger partial charge is 0.326 e. The van der Waals surface area contributed by atoms with Gasteiger partial charge in [-0.1, -0.05) is 13.8 Å². The number of rotatable bonds is 5. The van der Waals surface area contributed by atoms with E-state index in [4.69, 9.17) is 0 Å². The fraction of sp³-hybridized carbons (Fsp3) is 0.643. The number of aromatic amines is 1. The van der Waals surface area contributed by atoms with Gasteiger partial charge in [0.2, 0.25) is 0 Å². The molecule has 1 aromatic rings. The molecule has 3 N–H and O–H groups in total. The zero-order chi connectivity index (χ0) is 15.4. The van der Waals surface area contributed by atoms with E-state index in [0.29, 0.717) is 30.6 Å². The van der Waals surface area contributed by atoms with Crippen molar-refractivity contribution in [3.8, 4) is 0 Å². The highest BCUT2D eigenvalue weighted by atomic mass is 16.4. The van der Waals surface area contributed by atoms with Gasteiger partial charge in [0.1, 0.15) is 6.04 Å². The highest BCUT2D eigenvalue weighted by Crippen LogP contribution is 2.23. The maximum Gasteiger partial charge on any atom is 0.326 e. The molecule has 1 saturated heterocycles. The molecule has 0 saturated carbocycles. The first kappa shape index (κ1) is 15.3. The monoisotopic (exact) mass is 294 g/mol. The molecule has 7 heteroatoms. The minimum Gasteiger partial charge on any atom is -0.480 e. The van der Waals surface area contributed by atoms with E-state index in [1.807, 2.05) is 0 Å². The summed E-state index contributed by atoms with van der Waals surface area (Å²) in [6.07, 6.45) is 4.22. The van der Waals surface area contributed by atoms with E-state index >= 15 is 0 Å². The van der Waals surface area contributed by atoms with Gasteiger partial charge >= 0.3 is 12.0 Å². The van der Waals surface area contributed by atoms with Crippen LogP contribution < -0.4 is 5.32 Å². The van der Waals surface area contributed by atoms with Gasteiger partial charge in [-0.2, -0.15) is 0 Å². The SMILES string of the molecule is CC(C)C1CCN(C(=O)N[C@H](Cc2cnc[nH]2)C(=O)O)C1. The lowest BCUT2D eigenvalue weighted by Gasteiger charge is -2.21. The van der Waals surface area contributed by atoms with Crippen LogP contribution in [0.15, 0.2) is 12.5 Å². The maximum atomic E-state index is 12.2. The minimum absolute atomic E-state index is 0.197. The highest BCUT2D eigenvalue weighted by Gasteiger charge is 2.30. The van der Waals surface area contributed by atoms with Gasteiger partial charge in [0.15, 0.2) is 0 Å². The quantitative estimate of drug-likeness (QED) is 0.757. The average molecular weight is 294 g/mol. The number of amides is 2. The number of H-pyrrole nitrogens is 1. The largest absolute Gasteiger partial charge is 0.480 e. The molecule has 116 valence electrons. The Hall–Kier alpha value is -2.05. The van der Waals surface area contributed by atoms with Crippen LogP contribution in [-0.4, -0.2) is 51.1 Å². The predicted octanol–water partition coefficient (Wildman–Crippen LogP) is 1.09. The molecule has 0 aromatic carbocycles. The lowest BCUT2D eigenvalue weighted by atomic mass is 9.95. The molecule has 2 amide bonds. The molecule has 0 spiro atoms. The summed E-state index contributed by atoms with van der Waals surface area (Å²) in [5, 5.41) is 11.8. The third-order valence-corrected chi connectivity index (χ3v) is 4.03. The van der Waals surface area contributed by atoms with Crippen LogP contribution in [0.1, 0.15) is 26.0 Å². The summed E-state index contributed by atoms with van der Waals surface area (Å²) >= 11 is 0. The summed E-state index contributed by atoms with van der Waals surface area (Å²) in [5.74, 6) is -0.0211. The van der Waals surface area contributed by atoms with Gasteiger partial charge in [-0.3, -0.25) is 0 Å². The second kappa shape index (κ2) is 6.60. The number of hydrogen-bond acceptors (Lipinski definition) is 3. The van der Waals surface area contributed by atoms with E-state index in [1.165, 1.54) is 6.33 Å². The lowest BCUT2D eigenvalue weighted by molar-refractivity contribution is -0.139.